The van der Waals surface area contributed by atoms with E-state index >= 15 is 0 Å². The van der Waals surface area contributed by atoms with Crippen LogP contribution in [-0.4, -0.2) is 18.5 Å². The van der Waals surface area contributed by atoms with E-state index < -0.39 is 0 Å². The van der Waals surface area contributed by atoms with Crippen molar-refractivity contribution >= 4 is 7.92 Å². The first-order valence-corrected chi connectivity index (χ1v) is 32.0. The lowest BCUT2D eigenvalue weighted by atomic mass is 10.0. The fraction of sp³-hybridized carbons (Fsp3) is 1.00. The molecule has 0 aliphatic rings. The molecular weight excluding hydrogens is 752 g/mol. The van der Waals surface area contributed by atoms with Crippen LogP contribution in [0, 0.1) is 0 Å². The van der Waals surface area contributed by atoms with Crippen LogP contribution in [0.2, 0.25) is 0 Å². The van der Waals surface area contributed by atoms with Crippen molar-refractivity contribution in [3.8, 4) is 0 Å². The third-order valence-electron chi connectivity index (χ3n) is 14.5. The minimum Gasteiger partial charge on any atom is -0.107 e. The first-order valence-electron chi connectivity index (χ1n) is 30.1. The summed E-state index contributed by atoms with van der Waals surface area (Å²) in [6.07, 6.45) is 85.3. The van der Waals surface area contributed by atoms with Crippen molar-refractivity contribution in [3.05, 3.63) is 0 Å². The van der Waals surface area contributed by atoms with E-state index in [0.717, 1.165) is 0 Å². The highest BCUT2D eigenvalue weighted by molar-refractivity contribution is 7.57. The zero-order valence-corrected chi connectivity index (χ0v) is 44.6. The Morgan fingerprint density at radius 1 is 0.131 bits per heavy atom. The Bertz CT molecular complexity index is 621. The summed E-state index contributed by atoms with van der Waals surface area (Å²) in [6.45, 7) is 6.97. The van der Waals surface area contributed by atoms with Gasteiger partial charge in [0.15, 0.2) is 0 Å². The molecule has 0 unspecified atom stereocenters. The van der Waals surface area contributed by atoms with Gasteiger partial charge in [-0.3, -0.25) is 0 Å². The molecule has 0 aromatic rings. The Hall–Kier alpha value is 0.430. The van der Waals surface area contributed by atoms with Gasteiger partial charge < -0.3 is 0 Å². The Morgan fingerprint density at radius 2 is 0.230 bits per heavy atom. The monoisotopic (exact) mass is 875 g/mol. The van der Waals surface area contributed by atoms with Crippen LogP contribution in [0.5, 0.6) is 0 Å². The lowest BCUT2D eigenvalue weighted by Crippen LogP contribution is -1.97. The Labute approximate surface area is 392 Å². The predicted octanol–water partition coefficient (Wildman–Crippen LogP) is 23.6. The summed E-state index contributed by atoms with van der Waals surface area (Å²) in [4.78, 5) is 0. The van der Waals surface area contributed by atoms with Gasteiger partial charge >= 0.3 is 0 Å². The molecule has 61 heavy (non-hydrogen) atoms. The fourth-order valence-electron chi connectivity index (χ4n) is 10.0. The van der Waals surface area contributed by atoms with Gasteiger partial charge in [0.2, 0.25) is 0 Å². The van der Waals surface area contributed by atoms with Crippen LogP contribution >= 0.6 is 7.92 Å². The van der Waals surface area contributed by atoms with Crippen molar-refractivity contribution in [1.29, 1.82) is 0 Å². The van der Waals surface area contributed by atoms with Crippen LogP contribution in [0.1, 0.15) is 367 Å². The third kappa shape index (κ3) is 56.5. The van der Waals surface area contributed by atoms with Gasteiger partial charge in [0.25, 0.3) is 0 Å². The molecule has 0 rings (SSSR count). The smallest absolute Gasteiger partial charge is 0.0326 e. The Morgan fingerprint density at radius 3 is 0.344 bits per heavy atom. The number of hydrogen-bond acceptors (Lipinski definition) is 0. The quantitative estimate of drug-likeness (QED) is 0.0422. The molecule has 0 fully saturated rings. The molecule has 1 heteroatoms. The van der Waals surface area contributed by atoms with Gasteiger partial charge in [0.1, 0.15) is 0 Å². The molecule has 0 nitrogen and oxygen atoms in total. The van der Waals surface area contributed by atoms with E-state index in [2.05, 4.69) is 20.8 Å². The summed E-state index contributed by atoms with van der Waals surface area (Å²) in [5.74, 6) is 0. The van der Waals surface area contributed by atoms with E-state index in [9.17, 15) is 0 Å². The van der Waals surface area contributed by atoms with Crippen LogP contribution in [-0.2, 0) is 0 Å². The van der Waals surface area contributed by atoms with E-state index in [0.29, 0.717) is 7.92 Å². The number of hydrogen-bond donors (Lipinski definition) is 0. The van der Waals surface area contributed by atoms with Gasteiger partial charge in [0, 0.05) is 0 Å². The van der Waals surface area contributed by atoms with Crippen molar-refractivity contribution in [2.45, 2.75) is 367 Å². The summed E-state index contributed by atoms with van der Waals surface area (Å²) < 4.78 is 0. The molecule has 0 aliphatic heterocycles. The molecule has 0 N–H and O–H groups in total. The van der Waals surface area contributed by atoms with Crippen LogP contribution in [0.4, 0.5) is 0 Å². The zero-order valence-electron chi connectivity index (χ0n) is 43.8. The van der Waals surface area contributed by atoms with Gasteiger partial charge in [-0.25, -0.2) is 0 Å². The summed E-state index contributed by atoms with van der Waals surface area (Å²) >= 11 is 0. The van der Waals surface area contributed by atoms with Crippen LogP contribution in [0.3, 0.4) is 0 Å². The van der Waals surface area contributed by atoms with Crippen molar-refractivity contribution in [1.82, 2.24) is 0 Å². The molecule has 0 heterocycles. The standard InChI is InChI=1S/C60H123P/c1-4-7-10-13-16-19-22-25-28-31-34-37-40-43-46-49-52-55-58-61(59-56-53-50-47-44-41-38-35-32-29-26-23-20-17-14-11-8-5-2)60-57-54-51-48-45-42-39-36-33-30-27-24-21-18-15-12-9-6-3/h4-60H2,1-3H3. The summed E-state index contributed by atoms with van der Waals surface area (Å²) in [5.41, 5.74) is 0. The Kier molecular flexibility index (Phi) is 58.9. The molecule has 0 saturated heterocycles. The number of unbranched alkanes of at least 4 members (excludes halogenated alkanes) is 51. The van der Waals surface area contributed by atoms with E-state index in [-0.39, 0.29) is 0 Å². The lowest BCUT2D eigenvalue weighted by molar-refractivity contribution is 0.526. The zero-order chi connectivity index (χ0) is 43.9. The van der Waals surface area contributed by atoms with Crippen LogP contribution < -0.4 is 0 Å². The number of rotatable bonds is 57. The molecule has 0 bridgehead atoms. The summed E-state index contributed by atoms with van der Waals surface area (Å²) in [7, 11) is 0.306. The molecule has 368 valence electrons. The fourth-order valence-corrected chi connectivity index (χ4v) is 12.7. The van der Waals surface area contributed by atoms with E-state index in [1.54, 1.807) is 37.7 Å². The maximum Gasteiger partial charge on any atom is -0.0326 e. The largest absolute Gasteiger partial charge is 0.107 e. The average molecular weight is 876 g/mol. The highest BCUT2D eigenvalue weighted by Gasteiger charge is 2.08. The van der Waals surface area contributed by atoms with Crippen molar-refractivity contribution in [3.63, 3.8) is 0 Å². The van der Waals surface area contributed by atoms with Crippen molar-refractivity contribution in [2.75, 3.05) is 18.5 Å². The SMILES string of the molecule is CCCCCCCCCCCCCCCCCCCCP(CCCCCCCCCCCCCCCCCCCC)CCCCCCCCCCCCCCCCCCCC. The Balaban J connectivity index is 3.96. The maximum absolute atomic E-state index is 2.32. The molecule has 0 amide bonds. The van der Waals surface area contributed by atoms with Gasteiger partial charge in [-0.1, -0.05) is 348 Å². The van der Waals surface area contributed by atoms with E-state index in [1.165, 1.54) is 327 Å². The van der Waals surface area contributed by atoms with Gasteiger partial charge in [0.05, 0.1) is 0 Å². The molecule has 0 radical (unpaired) electrons. The highest BCUT2D eigenvalue weighted by atomic mass is 31.1. The van der Waals surface area contributed by atoms with Crippen molar-refractivity contribution < 1.29 is 0 Å². The molecule has 0 atom stereocenters. The second-order valence-corrected chi connectivity index (χ2v) is 23.6. The van der Waals surface area contributed by atoms with Gasteiger partial charge in [-0.2, -0.15) is 0 Å². The van der Waals surface area contributed by atoms with Gasteiger partial charge in [-0.05, 0) is 37.7 Å². The lowest BCUT2D eigenvalue weighted by Gasteiger charge is -2.18. The molecule has 0 aromatic carbocycles. The normalized spacial score (nSPS) is 11.8. The topological polar surface area (TPSA) is 0 Å². The molecule has 0 saturated carbocycles. The highest BCUT2D eigenvalue weighted by Crippen LogP contribution is 2.39. The maximum atomic E-state index is 2.32. The van der Waals surface area contributed by atoms with E-state index in [4.69, 9.17) is 0 Å². The summed E-state index contributed by atoms with van der Waals surface area (Å²) in [5, 5.41) is 0. The van der Waals surface area contributed by atoms with Crippen molar-refractivity contribution in [2.24, 2.45) is 0 Å². The van der Waals surface area contributed by atoms with Crippen LogP contribution in [0.15, 0.2) is 0 Å². The van der Waals surface area contributed by atoms with Crippen LogP contribution in [0.25, 0.3) is 0 Å². The molecule has 0 aromatic heterocycles. The minimum absolute atomic E-state index is 0.306. The van der Waals surface area contributed by atoms with Gasteiger partial charge in [-0.15, -0.1) is 7.92 Å². The predicted molar refractivity (Wildman–Crippen MR) is 288 cm³/mol. The molecule has 0 aliphatic carbocycles. The third-order valence-corrected chi connectivity index (χ3v) is 17.3. The summed E-state index contributed by atoms with van der Waals surface area (Å²) in [6, 6.07) is 0. The molecular formula is C60H123P. The first-order chi connectivity index (χ1) is 30.3. The second-order valence-electron chi connectivity index (χ2n) is 20.9. The minimum atomic E-state index is 0.306. The average Bonchev–Trinajstić information content (AvgIpc) is 3.27. The first kappa shape index (κ1) is 61.4. The van der Waals surface area contributed by atoms with E-state index in [1.807, 2.05) is 0 Å². The second kappa shape index (κ2) is 58.4. The molecule has 0 spiro atoms.